The number of hydrogen-bond donors (Lipinski definition) is 2. The van der Waals surface area contributed by atoms with Crippen LogP contribution >= 0.6 is 0 Å². The van der Waals surface area contributed by atoms with E-state index in [0.29, 0.717) is 24.9 Å². The number of hydrogen-bond acceptors (Lipinski definition) is 5. The van der Waals surface area contributed by atoms with Crippen molar-refractivity contribution in [2.45, 2.75) is 38.8 Å². The Labute approximate surface area is 147 Å². The maximum absolute atomic E-state index is 11.9. The van der Waals surface area contributed by atoms with Crippen molar-refractivity contribution in [3.8, 4) is 5.82 Å². The number of carbonyl (C=O) groups excluding carboxylic acids is 1. The Morgan fingerprint density at radius 2 is 2.24 bits per heavy atom. The van der Waals surface area contributed by atoms with Gasteiger partial charge in [0, 0.05) is 31.9 Å². The molecule has 2 N–H and O–H groups in total. The number of aromatic nitrogens is 4. The largest absolute Gasteiger partial charge is 0.337 e. The lowest BCUT2D eigenvalue weighted by Gasteiger charge is -2.33. The molecular weight excluding hydrogens is 318 g/mol. The monoisotopic (exact) mass is 343 g/mol. The van der Waals surface area contributed by atoms with E-state index in [9.17, 15) is 4.79 Å². The van der Waals surface area contributed by atoms with Gasteiger partial charge in [0.05, 0.1) is 0 Å². The second-order valence-corrected chi connectivity index (χ2v) is 6.35. The third-order valence-corrected chi connectivity index (χ3v) is 4.54. The van der Waals surface area contributed by atoms with Crippen LogP contribution in [0.4, 0.5) is 4.79 Å². The Morgan fingerprint density at radius 1 is 1.32 bits per heavy atom. The lowest BCUT2D eigenvalue weighted by molar-refractivity contribution is 0.161. The lowest BCUT2D eigenvalue weighted by Crippen LogP contribution is -2.44. The van der Waals surface area contributed by atoms with Crippen molar-refractivity contribution in [1.82, 2.24) is 35.3 Å². The molecule has 1 atom stereocenters. The summed E-state index contributed by atoms with van der Waals surface area (Å²) in [6.07, 6.45) is 8.61. The number of pyridine rings is 1. The van der Waals surface area contributed by atoms with Crippen LogP contribution in [-0.2, 0) is 6.54 Å². The third kappa shape index (κ3) is 4.99. The first kappa shape index (κ1) is 17.3. The average molecular weight is 343 g/mol. The first-order valence-corrected chi connectivity index (χ1v) is 8.78. The summed E-state index contributed by atoms with van der Waals surface area (Å²) >= 11 is 0. The van der Waals surface area contributed by atoms with Gasteiger partial charge in [-0.25, -0.2) is 19.4 Å². The number of rotatable bonds is 6. The number of piperidine rings is 1. The molecule has 2 aromatic rings. The van der Waals surface area contributed by atoms with Crippen molar-refractivity contribution < 1.29 is 4.79 Å². The summed E-state index contributed by atoms with van der Waals surface area (Å²) in [5.74, 6) is 0.696. The Balaban J connectivity index is 1.37. The summed E-state index contributed by atoms with van der Waals surface area (Å²) in [4.78, 5) is 22.6. The van der Waals surface area contributed by atoms with Crippen LogP contribution in [0.25, 0.3) is 5.82 Å². The fourth-order valence-electron chi connectivity index (χ4n) is 3.03. The predicted octanol–water partition coefficient (Wildman–Crippen LogP) is 1.34. The summed E-state index contributed by atoms with van der Waals surface area (Å²) in [7, 11) is 0. The molecule has 0 spiro atoms. The van der Waals surface area contributed by atoms with Crippen LogP contribution in [0.5, 0.6) is 0 Å². The van der Waals surface area contributed by atoms with E-state index >= 15 is 0 Å². The molecule has 25 heavy (non-hydrogen) atoms. The Bertz CT molecular complexity index is 656. The molecule has 2 amide bonds. The van der Waals surface area contributed by atoms with Gasteiger partial charge in [-0.3, -0.25) is 4.90 Å². The van der Waals surface area contributed by atoms with Gasteiger partial charge < -0.3 is 10.6 Å². The number of carbonyl (C=O) groups is 1. The van der Waals surface area contributed by atoms with Crippen LogP contribution in [0.15, 0.2) is 31.0 Å². The first-order valence-electron chi connectivity index (χ1n) is 8.78. The zero-order valence-electron chi connectivity index (χ0n) is 14.6. The summed E-state index contributed by atoms with van der Waals surface area (Å²) in [6, 6.07) is 4.24. The minimum atomic E-state index is -0.148. The first-order chi connectivity index (χ1) is 12.2. The molecular formula is C17H25N7O. The number of nitrogens with zero attached hydrogens (tertiary/aromatic N) is 5. The second kappa shape index (κ2) is 8.57. The Kier molecular flexibility index (Phi) is 5.95. The molecule has 0 bridgehead atoms. The van der Waals surface area contributed by atoms with Gasteiger partial charge in [-0.2, -0.15) is 5.10 Å². The molecule has 0 saturated carbocycles. The normalized spacial score (nSPS) is 18.0. The van der Waals surface area contributed by atoms with Crippen LogP contribution in [0, 0.1) is 0 Å². The predicted molar refractivity (Wildman–Crippen MR) is 94.3 cm³/mol. The molecule has 3 rings (SSSR count). The van der Waals surface area contributed by atoms with Crippen molar-refractivity contribution in [2.24, 2.45) is 0 Å². The van der Waals surface area contributed by atoms with Gasteiger partial charge in [-0.05, 0) is 37.9 Å². The van der Waals surface area contributed by atoms with Crippen molar-refractivity contribution in [1.29, 1.82) is 0 Å². The molecule has 0 aromatic carbocycles. The Morgan fingerprint density at radius 3 is 2.96 bits per heavy atom. The second-order valence-electron chi connectivity index (χ2n) is 6.35. The molecule has 1 saturated heterocycles. The summed E-state index contributed by atoms with van der Waals surface area (Å²) in [6.45, 7) is 5.41. The smallest absolute Gasteiger partial charge is 0.315 e. The summed E-state index contributed by atoms with van der Waals surface area (Å²) < 4.78 is 1.59. The average Bonchev–Trinajstić information content (AvgIpc) is 3.17. The third-order valence-electron chi connectivity index (χ3n) is 4.54. The van der Waals surface area contributed by atoms with E-state index in [2.05, 4.69) is 37.5 Å². The van der Waals surface area contributed by atoms with Crippen LogP contribution in [-0.4, -0.2) is 56.4 Å². The SMILES string of the molecule is C[C@H]1CCCCN1CCNC(=O)NCc1ccc(-n2cncn2)nc1. The zero-order valence-corrected chi connectivity index (χ0v) is 14.6. The molecule has 0 unspecified atom stereocenters. The molecule has 8 heteroatoms. The fourth-order valence-corrected chi connectivity index (χ4v) is 3.03. The van der Waals surface area contributed by atoms with Gasteiger partial charge in [0.25, 0.3) is 0 Å². The number of urea groups is 1. The molecule has 1 aliphatic rings. The maximum atomic E-state index is 11.9. The van der Waals surface area contributed by atoms with E-state index < -0.39 is 0 Å². The number of amides is 2. The van der Waals surface area contributed by atoms with E-state index in [1.807, 2.05) is 12.1 Å². The van der Waals surface area contributed by atoms with Gasteiger partial charge in [0.1, 0.15) is 12.7 Å². The highest BCUT2D eigenvalue weighted by atomic mass is 16.2. The van der Waals surface area contributed by atoms with E-state index in [-0.39, 0.29) is 6.03 Å². The molecule has 3 heterocycles. The quantitative estimate of drug-likeness (QED) is 0.826. The van der Waals surface area contributed by atoms with Crippen LogP contribution < -0.4 is 10.6 Å². The minimum Gasteiger partial charge on any atom is -0.337 e. The highest BCUT2D eigenvalue weighted by molar-refractivity contribution is 5.73. The summed E-state index contributed by atoms with van der Waals surface area (Å²) in [5, 5.41) is 9.81. The highest BCUT2D eigenvalue weighted by Crippen LogP contribution is 2.15. The maximum Gasteiger partial charge on any atom is 0.315 e. The van der Waals surface area contributed by atoms with Crippen molar-refractivity contribution in [2.75, 3.05) is 19.6 Å². The summed E-state index contributed by atoms with van der Waals surface area (Å²) in [5.41, 5.74) is 0.934. The molecule has 2 aromatic heterocycles. The molecule has 1 fully saturated rings. The molecule has 1 aliphatic heterocycles. The van der Waals surface area contributed by atoms with E-state index in [1.165, 1.54) is 25.6 Å². The van der Waals surface area contributed by atoms with Crippen LogP contribution in [0.2, 0.25) is 0 Å². The standard InChI is InChI=1S/C17H25N7O/c1-14-4-2-3-8-23(14)9-7-19-17(25)21-11-15-5-6-16(20-10-15)24-13-18-12-22-24/h5-6,10,12-14H,2-4,7-9,11H2,1H3,(H2,19,21,25)/t14-/m0/s1. The molecule has 0 radical (unpaired) electrons. The minimum absolute atomic E-state index is 0.148. The van der Waals surface area contributed by atoms with E-state index in [0.717, 1.165) is 18.7 Å². The van der Waals surface area contributed by atoms with Crippen LogP contribution in [0.3, 0.4) is 0 Å². The molecule has 0 aliphatic carbocycles. The Hall–Kier alpha value is -2.48. The van der Waals surface area contributed by atoms with Gasteiger partial charge in [-0.15, -0.1) is 0 Å². The lowest BCUT2D eigenvalue weighted by atomic mass is 10.0. The fraction of sp³-hybridized carbons (Fsp3) is 0.529. The van der Waals surface area contributed by atoms with Crippen molar-refractivity contribution in [3.05, 3.63) is 36.5 Å². The molecule has 134 valence electrons. The van der Waals surface area contributed by atoms with Gasteiger partial charge in [0.2, 0.25) is 0 Å². The van der Waals surface area contributed by atoms with E-state index in [4.69, 9.17) is 0 Å². The van der Waals surface area contributed by atoms with E-state index in [1.54, 1.807) is 17.2 Å². The number of likely N-dealkylation sites (tertiary alicyclic amines) is 1. The highest BCUT2D eigenvalue weighted by Gasteiger charge is 2.17. The van der Waals surface area contributed by atoms with Crippen LogP contribution in [0.1, 0.15) is 31.7 Å². The van der Waals surface area contributed by atoms with Gasteiger partial charge in [-0.1, -0.05) is 12.5 Å². The zero-order chi connectivity index (χ0) is 17.5. The number of nitrogens with one attached hydrogen (secondary N) is 2. The topological polar surface area (TPSA) is 88.0 Å². The van der Waals surface area contributed by atoms with Crippen molar-refractivity contribution in [3.63, 3.8) is 0 Å². The van der Waals surface area contributed by atoms with Crippen molar-refractivity contribution >= 4 is 6.03 Å². The molecule has 8 nitrogen and oxygen atoms in total. The van der Waals surface area contributed by atoms with Gasteiger partial charge in [0.15, 0.2) is 5.82 Å². The van der Waals surface area contributed by atoms with Gasteiger partial charge >= 0.3 is 6.03 Å².